The van der Waals surface area contributed by atoms with Crippen LogP contribution in [0, 0.1) is 0 Å². The molecule has 0 N–H and O–H groups in total. The van der Waals surface area contributed by atoms with E-state index in [1.165, 1.54) is 19.3 Å². The zero-order valence-corrected chi connectivity index (χ0v) is 10.5. The van der Waals surface area contributed by atoms with Gasteiger partial charge in [-0.05, 0) is 46.0 Å². The Morgan fingerprint density at radius 2 is 2.00 bits per heavy atom. The molecule has 0 aromatic rings. The van der Waals surface area contributed by atoms with Gasteiger partial charge in [0.15, 0.2) is 0 Å². The van der Waals surface area contributed by atoms with E-state index in [-0.39, 0.29) is 5.60 Å². The summed E-state index contributed by atoms with van der Waals surface area (Å²) in [5.74, 6) is 0. The molecule has 1 unspecified atom stereocenters. The highest BCUT2D eigenvalue weighted by atomic mass is 16.5. The standard InChI is InChI=1S/C13H26O/c1-6-12(7-2)10-9-11-13(4,8-3)14-5/h6H,7-11H2,1-5H3. The lowest BCUT2D eigenvalue weighted by Gasteiger charge is -2.26. The molecule has 0 aliphatic heterocycles. The van der Waals surface area contributed by atoms with E-state index in [2.05, 4.69) is 33.8 Å². The minimum Gasteiger partial charge on any atom is -0.379 e. The highest BCUT2D eigenvalue weighted by Gasteiger charge is 2.19. The van der Waals surface area contributed by atoms with Crippen molar-refractivity contribution >= 4 is 0 Å². The molecule has 0 rings (SSSR count). The fraction of sp³-hybridized carbons (Fsp3) is 0.846. The number of rotatable bonds is 7. The van der Waals surface area contributed by atoms with Crippen LogP contribution in [0.1, 0.15) is 59.8 Å². The molecule has 0 heterocycles. The number of methoxy groups -OCH3 is 1. The fourth-order valence-corrected chi connectivity index (χ4v) is 1.64. The molecule has 0 bridgehead atoms. The molecule has 0 aliphatic rings. The van der Waals surface area contributed by atoms with E-state index < -0.39 is 0 Å². The predicted molar refractivity (Wildman–Crippen MR) is 63.6 cm³/mol. The maximum atomic E-state index is 5.52. The molecule has 14 heavy (non-hydrogen) atoms. The summed E-state index contributed by atoms with van der Waals surface area (Å²) in [7, 11) is 1.82. The Balaban J connectivity index is 3.82. The van der Waals surface area contributed by atoms with Crippen LogP contribution in [0.15, 0.2) is 11.6 Å². The second-order valence-electron chi connectivity index (χ2n) is 4.16. The molecular formula is C13H26O. The Morgan fingerprint density at radius 1 is 1.36 bits per heavy atom. The number of ether oxygens (including phenoxy) is 1. The van der Waals surface area contributed by atoms with Gasteiger partial charge in [-0.2, -0.15) is 0 Å². The smallest absolute Gasteiger partial charge is 0.0648 e. The molecule has 0 saturated heterocycles. The highest BCUT2D eigenvalue weighted by Crippen LogP contribution is 2.23. The second kappa shape index (κ2) is 7.05. The molecule has 0 radical (unpaired) electrons. The summed E-state index contributed by atoms with van der Waals surface area (Å²) < 4.78 is 5.52. The summed E-state index contributed by atoms with van der Waals surface area (Å²) in [6, 6.07) is 0. The Labute approximate surface area is 89.5 Å². The van der Waals surface area contributed by atoms with E-state index in [1.807, 2.05) is 7.11 Å². The van der Waals surface area contributed by atoms with E-state index in [1.54, 1.807) is 5.57 Å². The lowest BCUT2D eigenvalue weighted by Crippen LogP contribution is -2.25. The maximum Gasteiger partial charge on any atom is 0.0648 e. The van der Waals surface area contributed by atoms with Crippen LogP contribution >= 0.6 is 0 Å². The van der Waals surface area contributed by atoms with Gasteiger partial charge in [-0.1, -0.05) is 25.5 Å². The number of hydrogen-bond donors (Lipinski definition) is 0. The minimum absolute atomic E-state index is 0.0899. The van der Waals surface area contributed by atoms with Gasteiger partial charge in [-0.25, -0.2) is 0 Å². The van der Waals surface area contributed by atoms with Gasteiger partial charge >= 0.3 is 0 Å². The topological polar surface area (TPSA) is 9.23 Å². The quantitative estimate of drug-likeness (QED) is 0.553. The van der Waals surface area contributed by atoms with Crippen molar-refractivity contribution in [3.8, 4) is 0 Å². The van der Waals surface area contributed by atoms with Crippen molar-refractivity contribution in [2.24, 2.45) is 0 Å². The van der Waals surface area contributed by atoms with Crippen molar-refractivity contribution in [3.05, 3.63) is 11.6 Å². The third kappa shape index (κ3) is 4.80. The largest absolute Gasteiger partial charge is 0.379 e. The number of allylic oxidation sites excluding steroid dienone is 2. The van der Waals surface area contributed by atoms with Crippen LogP contribution in [0.4, 0.5) is 0 Å². The normalized spacial score (nSPS) is 16.8. The van der Waals surface area contributed by atoms with Crippen molar-refractivity contribution in [2.75, 3.05) is 7.11 Å². The van der Waals surface area contributed by atoms with Crippen LogP contribution in [0.5, 0.6) is 0 Å². The van der Waals surface area contributed by atoms with E-state index in [9.17, 15) is 0 Å². The summed E-state index contributed by atoms with van der Waals surface area (Å²) >= 11 is 0. The molecule has 1 nitrogen and oxygen atoms in total. The summed E-state index contributed by atoms with van der Waals surface area (Å²) in [5.41, 5.74) is 1.66. The molecule has 0 spiro atoms. The fourth-order valence-electron chi connectivity index (χ4n) is 1.64. The number of hydrogen-bond acceptors (Lipinski definition) is 1. The van der Waals surface area contributed by atoms with Gasteiger partial charge in [-0.15, -0.1) is 0 Å². The Kier molecular flexibility index (Phi) is 6.90. The molecule has 1 heteroatoms. The van der Waals surface area contributed by atoms with Crippen molar-refractivity contribution < 1.29 is 4.74 Å². The molecule has 0 saturated carbocycles. The lowest BCUT2D eigenvalue weighted by molar-refractivity contribution is -0.00566. The van der Waals surface area contributed by atoms with Gasteiger partial charge in [0.05, 0.1) is 5.60 Å². The highest BCUT2D eigenvalue weighted by molar-refractivity contribution is 4.99. The van der Waals surface area contributed by atoms with E-state index in [0.29, 0.717) is 0 Å². The third-order valence-corrected chi connectivity index (χ3v) is 3.31. The maximum absolute atomic E-state index is 5.52. The molecule has 0 aromatic carbocycles. The van der Waals surface area contributed by atoms with Crippen molar-refractivity contribution in [1.29, 1.82) is 0 Å². The molecule has 1 atom stereocenters. The zero-order chi connectivity index (χ0) is 11.0. The average molecular weight is 198 g/mol. The van der Waals surface area contributed by atoms with E-state index in [4.69, 9.17) is 4.74 Å². The Hall–Kier alpha value is -0.300. The minimum atomic E-state index is 0.0899. The molecular weight excluding hydrogens is 172 g/mol. The van der Waals surface area contributed by atoms with Gasteiger partial charge in [0.2, 0.25) is 0 Å². The van der Waals surface area contributed by atoms with Crippen LogP contribution < -0.4 is 0 Å². The Morgan fingerprint density at radius 3 is 2.36 bits per heavy atom. The zero-order valence-electron chi connectivity index (χ0n) is 10.5. The predicted octanol–water partition coefficient (Wildman–Crippen LogP) is 4.33. The van der Waals surface area contributed by atoms with Crippen molar-refractivity contribution in [2.45, 2.75) is 65.4 Å². The van der Waals surface area contributed by atoms with Gasteiger partial charge in [-0.3, -0.25) is 0 Å². The third-order valence-electron chi connectivity index (χ3n) is 3.31. The van der Waals surface area contributed by atoms with Gasteiger partial charge in [0.1, 0.15) is 0 Å². The average Bonchev–Trinajstić information content (AvgIpc) is 2.24. The molecule has 0 fully saturated rings. The summed E-state index contributed by atoms with van der Waals surface area (Å²) in [5, 5.41) is 0. The van der Waals surface area contributed by atoms with E-state index in [0.717, 1.165) is 12.8 Å². The molecule has 0 aliphatic carbocycles. The second-order valence-corrected chi connectivity index (χ2v) is 4.16. The van der Waals surface area contributed by atoms with Gasteiger partial charge in [0, 0.05) is 7.11 Å². The molecule has 0 aromatic heterocycles. The molecule has 0 amide bonds. The van der Waals surface area contributed by atoms with Crippen molar-refractivity contribution in [1.82, 2.24) is 0 Å². The van der Waals surface area contributed by atoms with Crippen LogP contribution in [0.25, 0.3) is 0 Å². The summed E-state index contributed by atoms with van der Waals surface area (Å²) in [6.07, 6.45) is 8.16. The van der Waals surface area contributed by atoms with Crippen LogP contribution in [0.2, 0.25) is 0 Å². The monoisotopic (exact) mass is 198 g/mol. The SMILES string of the molecule is CC=C(CC)CCCC(C)(CC)OC. The first-order chi connectivity index (χ1) is 6.61. The van der Waals surface area contributed by atoms with Gasteiger partial charge < -0.3 is 4.74 Å². The van der Waals surface area contributed by atoms with E-state index >= 15 is 0 Å². The molecule has 84 valence electrons. The van der Waals surface area contributed by atoms with Crippen LogP contribution in [0.3, 0.4) is 0 Å². The van der Waals surface area contributed by atoms with Gasteiger partial charge in [0.25, 0.3) is 0 Å². The van der Waals surface area contributed by atoms with Crippen LogP contribution in [-0.2, 0) is 4.74 Å². The first-order valence-electron chi connectivity index (χ1n) is 5.81. The Bertz CT molecular complexity index is 166. The van der Waals surface area contributed by atoms with Crippen LogP contribution in [-0.4, -0.2) is 12.7 Å². The first-order valence-corrected chi connectivity index (χ1v) is 5.81. The first kappa shape index (κ1) is 13.7. The summed E-state index contributed by atoms with van der Waals surface area (Å²) in [6.45, 7) is 8.76. The summed E-state index contributed by atoms with van der Waals surface area (Å²) in [4.78, 5) is 0. The van der Waals surface area contributed by atoms with Crippen molar-refractivity contribution in [3.63, 3.8) is 0 Å². The lowest BCUT2D eigenvalue weighted by atomic mass is 9.94.